The summed E-state index contributed by atoms with van der Waals surface area (Å²) in [6, 6.07) is 4.08. The van der Waals surface area contributed by atoms with Gasteiger partial charge in [-0.1, -0.05) is 0 Å². The minimum atomic E-state index is -4.73. The monoisotopic (exact) mass is 449 g/mol. The maximum Gasteiger partial charge on any atom is 0.417 e. The van der Waals surface area contributed by atoms with E-state index in [-0.39, 0.29) is 5.69 Å². The first-order valence-corrected chi connectivity index (χ1v) is 9.06. The number of amides is 1. The number of carbonyl (C=O) groups is 1. The van der Waals surface area contributed by atoms with Crippen LogP contribution in [0.25, 0.3) is 0 Å². The Morgan fingerprint density at radius 3 is 2.19 bits per heavy atom. The zero-order chi connectivity index (χ0) is 22.8. The lowest BCUT2D eigenvalue weighted by molar-refractivity contribution is -0.138. The number of halogens is 6. The molecule has 168 valence electrons. The molecular weight excluding hydrogens is 432 g/mol. The Balaban J connectivity index is 1.88. The number of alkyl halides is 6. The van der Waals surface area contributed by atoms with Gasteiger partial charge in [0, 0.05) is 25.4 Å². The fourth-order valence-corrected chi connectivity index (χ4v) is 3.06. The number of pyridine rings is 1. The number of benzene rings is 1. The first-order valence-electron chi connectivity index (χ1n) is 9.06. The van der Waals surface area contributed by atoms with Gasteiger partial charge in [-0.15, -0.1) is 0 Å². The lowest BCUT2D eigenvalue weighted by Gasteiger charge is -2.31. The third kappa shape index (κ3) is 5.57. The van der Waals surface area contributed by atoms with Crippen molar-refractivity contribution in [1.29, 1.82) is 0 Å². The molecule has 0 saturated carbocycles. The Bertz CT molecular complexity index is 1010. The number of nitrogens with zero attached hydrogens (tertiary/aromatic N) is 2. The fourth-order valence-electron chi connectivity index (χ4n) is 3.06. The molecule has 1 aliphatic heterocycles. The van der Waals surface area contributed by atoms with E-state index in [0.29, 0.717) is 54.9 Å². The number of nitrogens with one attached hydrogen (secondary N) is 1. The smallest absolute Gasteiger partial charge is 0.378 e. The number of anilines is 2. The first kappa shape index (κ1) is 22.7. The number of morpholine rings is 1. The average Bonchev–Trinajstić information content (AvgIpc) is 2.68. The van der Waals surface area contributed by atoms with Gasteiger partial charge < -0.3 is 19.5 Å². The third-order valence-corrected chi connectivity index (χ3v) is 4.57. The molecule has 1 amide bonds. The summed E-state index contributed by atoms with van der Waals surface area (Å²) in [6.07, 6.45) is -8.91. The Kier molecular flexibility index (Phi) is 6.30. The number of ether oxygens (including phenoxy) is 1. The zero-order valence-corrected chi connectivity index (χ0v) is 15.9. The van der Waals surface area contributed by atoms with E-state index in [9.17, 15) is 35.9 Å². The van der Waals surface area contributed by atoms with Crippen LogP contribution in [-0.4, -0.2) is 36.8 Å². The van der Waals surface area contributed by atoms with Crippen molar-refractivity contribution in [1.82, 2.24) is 4.57 Å². The van der Waals surface area contributed by atoms with Crippen LogP contribution in [0, 0.1) is 0 Å². The van der Waals surface area contributed by atoms with E-state index in [2.05, 4.69) is 5.32 Å². The molecule has 2 heterocycles. The van der Waals surface area contributed by atoms with Gasteiger partial charge in [-0.2, -0.15) is 26.3 Å². The highest BCUT2D eigenvalue weighted by molar-refractivity contribution is 5.94. The van der Waals surface area contributed by atoms with Crippen molar-refractivity contribution in [3.8, 4) is 0 Å². The van der Waals surface area contributed by atoms with E-state index < -0.39 is 41.5 Å². The maximum atomic E-state index is 13.1. The molecule has 0 unspecified atom stereocenters. The van der Waals surface area contributed by atoms with Gasteiger partial charge in [-0.25, -0.2) is 0 Å². The van der Waals surface area contributed by atoms with Gasteiger partial charge in [0.15, 0.2) is 0 Å². The molecule has 3 rings (SSSR count). The van der Waals surface area contributed by atoms with Crippen LogP contribution in [0.4, 0.5) is 37.7 Å². The van der Waals surface area contributed by atoms with Crippen molar-refractivity contribution >= 4 is 17.3 Å². The molecule has 2 aromatic rings. The van der Waals surface area contributed by atoms with Crippen molar-refractivity contribution < 1.29 is 35.9 Å². The van der Waals surface area contributed by atoms with E-state index in [1.807, 2.05) is 0 Å². The molecule has 1 N–H and O–H groups in total. The number of aromatic nitrogens is 1. The van der Waals surface area contributed by atoms with Gasteiger partial charge in [-0.05, 0) is 24.3 Å². The van der Waals surface area contributed by atoms with Gasteiger partial charge in [0.05, 0.1) is 35.7 Å². The molecule has 0 radical (unpaired) electrons. The molecule has 0 spiro atoms. The maximum absolute atomic E-state index is 13.1. The van der Waals surface area contributed by atoms with Crippen LogP contribution in [0.3, 0.4) is 0 Å². The Labute approximate surface area is 172 Å². The summed E-state index contributed by atoms with van der Waals surface area (Å²) in [7, 11) is 0. The van der Waals surface area contributed by atoms with E-state index in [0.717, 1.165) is 12.1 Å². The summed E-state index contributed by atoms with van der Waals surface area (Å²) in [5.74, 6) is -0.949. The summed E-state index contributed by atoms with van der Waals surface area (Å²) in [5.41, 5.74) is -2.85. The molecule has 0 bridgehead atoms. The van der Waals surface area contributed by atoms with Gasteiger partial charge in [-0.3, -0.25) is 9.59 Å². The molecule has 1 fully saturated rings. The van der Waals surface area contributed by atoms with Crippen molar-refractivity contribution in [3.63, 3.8) is 0 Å². The molecule has 0 aliphatic carbocycles. The van der Waals surface area contributed by atoms with E-state index >= 15 is 0 Å². The molecular formula is C19H17F6N3O3. The van der Waals surface area contributed by atoms with Gasteiger partial charge in [0.1, 0.15) is 6.54 Å². The second kappa shape index (κ2) is 8.61. The van der Waals surface area contributed by atoms with Crippen LogP contribution in [-0.2, 0) is 28.4 Å². The summed E-state index contributed by atoms with van der Waals surface area (Å²) >= 11 is 0. The van der Waals surface area contributed by atoms with Gasteiger partial charge >= 0.3 is 12.4 Å². The normalized spacial score (nSPS) is 15.1. The lowest BCUT2D eigenvalue weighted by atomic mass is 10.1. The summed E-state index contributed by atoms with van der Waals surface area (Å²) in [4.78, 5) is 26.0. The summed E-state index contributed by atoms with van der Waals surface area (Å²) in [5, 5.41) is 2.29. The molecule has 6 nitrogen and oxygen atoms in total. The van der Waals surface area contributed by atoms with Gasteiger partial charge in [0.25, 0.3) is 5.56 Å². The fraction of sp³-hybridized carbons (Fsp3) is 0.368. The predicted octanol–water partition coefficient (Wildman–Crippen LogP) is 3.36. The predicted molar refractivity (Wildman–Crippen MR) is 98.8 cm³/mol. The molecule has 1 aliphatic rings. The third-order valence-electron chi connectivity index (χ3n) is 4.57. The second-order valence-corrected chi connectivity index (χ2v) is 6.76. The minimum Gasteiger partial charge on any atom is -0.378 e. The van der Waals surface area contributed by atoms with Crippen LogP contribution in [0.15, 0.2) is 41.3 Å². The SMILES string of the molecule is O=C(Cn1cc(C(F)(F)F)ccc1=O)Nc1cc(C(F)(F)F)ccc1N1CCOCC1. The van der Waals surface area contributed by atoms with Crippen LogP contribution in [0.5, 0.6) is 0 Å². The summed E-state index contributed by atoms with van der Waals surface area (Å²) in [6.45, 7) is 0.631. The topological polar surface area (TPSA) is 63.6 Å². The highest BCUT2D eigenvalue weighted by Gasteiger charge is 2.33. The molecule has 31 heavy (non-hydrogen) atoms. The lowest BCUT2D eigenvalue weighted by Crippen LogP contribution is -2.37. The van der Waals surface area contributed by atoms with E-state index in [1.165, 1.54) is 6.07 Å². The number of hydrogen-bond acceptors (Lipinski definition) is 4. The zero-order valence-electron chi connectivity index (χ0n) is 15.9. The molecule has 12 heteroatoms. The van der Waals surface area contributed by atoms with Gasteiger partial charge in [0.2, 0.25) is 5.91 Å². The first-order chi connectivity index (χ1) is 14.4. The molecule has 1 aromatic heterocycles. The van der Waals surface area contributed by atoms with Crippen LogP contribution in [0.2, 0.25) is 0 Å². The number of hydrogen-bond donors (Lipinski definition) is 1. The molecule has 1 aromatic carbocycles. The van der Waals surface area contributed by atoms with E-state index in [4.69, 9.17) is 4.74 Å². The minimum absolute atomic E-state index is 0.165. The van der Waals surface area contributed by atoms with E-state index in [1.54, 1.807) is 4.90 Å². The molecule has 0 atom stereocenters. The largest absolute Gasteiger partial charge is 0.417 e. The Morgan fingerprint density at radius 2 is 1.58 bits per heavy atom. The number of carbonyl (C=O) groups excluding carboxylic acids is 1. The quantitative estimate of drug-likeness (QED) is 0.728. The van der Waals surface area contributed by atoms with Crippen molar-refractivity contribution in [2.75, 3.05) is 36.5 Å². The van der Waals surface area contributed by atoms with Crippen LogP contribution < -0.4 is 15.8 Å². The Hall–Kier alpha value is -3.02. The Morgan fingerprint density at radius 1 is 0.968 bits per heavy atom. The van der Waals surface area contributed by atoms with Crippen LogP contribution in [0.1, 0.15) is 11.1 Å². The standard InChI is InChI=1S/C19H17F6N3O3/c20-18(21,22)12-1-3-15(27-5-7-31-8-6-27)14(9-12)26-16(29)11-28-10-13(19(23,24)25)2-4-17(28)30/h1-4,9-10H,5-8,11H2,(H,26,29). The second-order valence-electron chi connectivity index (χ2n) is 6.76. The number of rotatable bonds is 4. The highest BCUT2D eigenvalue weighted by Crippen LogP contribution is 2.36. The van der Waals surface area contributed by atoms with Crippen molar-refractivity contribution in [2.45, 2.75) is 18.9 Å². The average molecular weight is 449 g/mol. The highest BCUT2D eigenvalue weighted by atomic mass is 19.4. The molecule has 1 saturated heterocycles. The summed E-state index contributed by atoms with van der Waals surface area (Å²) < 4.78 is 83.7. The van der Waals surface area contributed by atoms with Crippen molar-refractivity contribution in [3.05, 3.63) is 58.0 Å². The van der Waals surface area contributed by atoms with Crippen LogP contribution >= 0.6 is 0 Å². The van der Waals surface area contributed by atoms with Crippen molar-refractivity contribution in [2.24, 2.45) is 0 Å².